The molecule has 1 atom stereocenters. The van der Waals surface area contributed by atoms with Crippen LogP contribution in [-0.2, 0) is 14.3 Å². The van der Waals surface area contributed by atoms with Gasteiger partial charge in [0.1, 0.15) is 5.75 Å². The molecule has 0 fully saturated rings. The van der Waals surface area contributed by atoms with Gasteiger partial charge in [-0.15, -0.1) is 10.2 Å². The molecule has 1 N–H and O–H groups in total. The molecule has 0 bridgehead atoms. The first kappa shape index (κ1) is 20.1. The minimum Gasteiger partial charge on any atom is -0.481 e. The summed E-state index contributed by atoms with van der Waals surface area (Å²) in [4.78, 5) is 23.7. The standard InChI is InChI=1S/C19H19N3O4S2/c1-3-15(26-14-9-8-12-6-4-5-7-13(12)10-14)17(24)20-18-21-22-19(28-18)27-11-16(23)25-2/h4-10,15H,3,11H2,1-2H3,(H,20,21,24)/t15-/m0/s1. The maximum Gasteiger partial charge on any atom is 0.316 e. The molecule has 1 heterocycles. The van der Waals surface area contributed by atoms with E-state index in [1.165, 1.54) is 30.2 Å². The fourth-order valence-electron chi connectivity index (χ4n) is 2.41. The van der Waals surface area contributed by atoms with Crippen LogP contribution in [0.3, 0.4) is 0 Å². The number of hydrogen-bond donors (Lipinski definition) is 1. The summed E-state index contributed by atoms with van der Waals surface area (Å²) in [5, 5.41) is 13.1. The van der Waals surface area contributed by atoms with E-state index >= 15 is 0 Å². The molecule has 28 heavy (non-hydrogen) atoms. The van der Waals surface area contributed by atoms with Gasteiger partial charge in [-0.2, -0.15) is 0 Å². The molecule has 0 aliphatic rings. The van der Waals surface area contributed by atoms with Crippen molar-refractivity contribution in [1.82, 2.24) is 10.2 Å². The Morgan fingerprint density at radius 3 is 2.71 bits per heavy atom. The Hall–Kier alpha value is -2.65. The molecule has 0 saturated heterocycles. The average molecular weight is 418 g/mol. The molecule has 146 valence electrons. The lowest BCUT2D eigenvalue weighted by Crippen LogP contribution is -2.32. The second kappa shape index (κ2) is 9.52. The lowest BCUT2D eigenvalue weighted by Gasteiger charge is -2.16. The average Bonchev–Trinajstić information content (AvgIpc) is 3.17. The number of benzene rings is 2. The van der Waals surface area contributed by atoms with Crippen molar-refractivity contribution >= 4 is 50.9 Å². The summed E-state index contributed by atoms with van der Waals surface area (Å²) in [5.41, 5.74) is 0. The van der Waals surface area contributed by atoms with Crippen molar-refractivity contribution in [3.05, 3.63) is 42.5 Å². The van der Waals surface area contributed by atoms with E-state index in [1.54, 1.807) is 0 Å². The molecule has 1 amide bonds. The lowest BCUT2D eigenvalue weighted by molar-refractivity contribution is -0.137. The van der Waals surface area contributed by atoms with E-state index < -0.39 is 6.10 Å². The Bertz CT molecular complexity index is 976. The molecule has 7 nitrogen and oxygen atoms in total. The highest BCUT2D eigenvalue weighted by Gasteiger charge is 2.20. The van der Waals surface area contributed by atoms with Gasteiger partial charge >= 0.3 is 5.97 Å². The number of thioether (sulfide) groups is 1. The maximum absolute atomic E-state index is 12.6. The van der Waals surface area contributed by atoms with Gasteiger partial charge in [0.2, 0.25) is 5.13 Å². The van der Waals surface area contributed by atoms with Crippen LogP contribution in [0.1, 0.15) is 13.3 Å². The molecule has 3 aromatic rings. The Balaban J connectivity index is 1.61. The molecule has 9 heteroatoms. The molecule has 3 rings (SSSR count). The van der Waals surface area contributed by atoms with Gasteiger partial charge in [0.25, 0.3) is 5.91 Å². The van der Waals surface area contributed by atoms with Crippen molar-refractivity contribution in [3.63, 3.8) is 0 Å². The Kier molecular flexibility index (Phi) is 6.83. The van der Waals surface area contributed by atoms with Gasteiger partial charge < -0.3 is 9.47 Å². The van der Waals surface area contributed by atoms with Gasteiger partial charge in [-0.3, -0.25) is 14.9 Å². The van der Waals surface area contributed by atoms with E-state index in [4.69, 9.17) is 4.74 Å². The van der Waals surface area contributed by atoms with E-state index in [9.17, 15) is 9.59 Å². The van der Waals surface area contributed by atoms with Crippen LogP contribution in [0.2, 0.25) is 0 Å². The molecule has 0 radical (unpaired) electrons. The molecule has 0 unspecified atom stereocenters. The third-order valence-corrected chi connectivity index (χ3v) is 5.79. The second-order valence-electron chi connectivity index (χ2n) is 5.75. The molecule has 0 aliphatic carbocycles. The normalized spacial score (nSPS) is 11.8. The largest absolute Gasteiger partial charge is 0.481 e. The summed E-state index contributed by atoms with van der Waals surface area (Å²) in [7, 11) is 1.33. The van der Waals surface area contributed by atoms with Crippen molar-refractivity contribution in [3.8, 4) is 5.75 Å². The number of ether oxygens (including phenoxy) is 2. The zero-order chi connectivity index (χ0) is 19.9. The van der Waals surface area contributed by atoms with Crippen LogP contribution in [0.5, 0.6) is 5.75 Å². The number of hydrogen-bond acceptors (Lipinski definition) is 8. The number of anilines is 1. The van der Waals surface area contributed by atoms with Crippen LogP contribution in [0.4, 0.5) is 5.13 Å². The van der Waals surface area contributed by atoms with Gasteiger partial charge in [0.05, 0.1) is 12.9 Å². The SMILES string of the molecule is CC[C@H](Oc1ccc2ccccc2c1)C(=O)Nc1nnc(SCC(=O)OC)s1. The number of nitrogens with zero attached hydrogens (tertiary/aromatic N) is 2. The van der Waals surface area contributed by atoms with E-state index in [1.807, 2.05) is 49.4 Å². The lowest BCUT2D eigenvalue weighted by atomic mass is 10.1. The topological polar surface area (TPSA) is 90.4 Å². The minimum atomic E-state index is -0.656. The predicted octanol–water partition coefficient (Wildman–Crippen LogP) is 3.75. The number of esters is 1. The highest BCUT2D eigenvalue weighted by atomic mass is 32.2. The van der Waals surface area contributed by atoms with Crippen molar-refractivity contribution in [2.75, 3.05) is 18.2 Å². The number of methoxy groups -OCH3 is 1. The van der Waals surface area contributed by atoms with Crippen LogP contribution < -0.4 is 10.1 Å². The van der Waals surface area contributed by atoms with Gasteiger partial charge in [-0.05, 0) is 29.3 Å². The second-order valence-corrected chi connectivity index (χ2v) is 7.95. The van der Waals surface area contributed by atoms with Crippen molar-refractivity contribution < 1.29 is 19.1 Å². The van der Waals surface area contributed by atoms with E-state index in [0.717, 1.165) is 10.8 Å². The number of carbonyl (C=O) groups is 2. The number of amides is 1. The molecule has 2 aromatic carbocycles. The maximum atomic E-state index is 12.6. The molecule has 0 saturated carbocycles. The first-order valence-electron chi connectivity index (χ1n) is 8.58. The van der Waals surface area contributed by atoms with Crippen molar-refractivity contribution in [2.24, 2.45) is 0 Å². The van der Waals surface area contributed by atoms with Gasteiger partial charge in [-0.25, -0.2) is 0 Å². The third kappa shape index (κ3) is 5.20. The number of nitrogens with one attached hydrogen (secondary N) is 1. The fraction of sp³-hybridized carbons (Fsp3) is 0.263. The summed E-state index contributed by atoms with van der Waals surface area (Å²) in [6.45, 7) is 1.88. The quantitative estimate of drug-likeness (QED) is 0.339. The summed E-state index contributed by atoms with van der Waals surface area (Å²) < 4.78 is 11.0. The molecular formula is C19H19N3O4S2. The smallest absolute Gasteiger partial charge is 0.316 e. The summed E-state index contributed by atoms with van der Waals surface area (Å²) in [6.07, 6.45) is -0.155. The number of rotatable bonds is 8. The number of fused-ring (bicyclic) bond motifs is 1. The van der Waals surface area contributed by atoms with Crippen LogP contribution in [-0.4, -0.2) is 41.0 Å². The molecule has 0 aliphatic heterocycles. The fourth-order valence-corrected chi connectivity index (χ4v) is 4.00. The molecule has 1 aromatic heterocycles. The number of aromatic nitrogens is 2. The van der Waals surface area contributed by atoms with Crippen LogP contribution >= 0.6 is 23.1 Å². The summed E-state index contributed by atoms with van der Waals surface area (Å²) in [6, 6.07) is 13.7. The highest BCUT2D eigenvalue weighted by molar-refractivity contribution is 8.01. The van der Waals surface area contributed by atoms with E-state index in [-0.39, 0.29) is 17.6 Å². The Labute approximate surface area is 170 Å². The highest BCUT2D eigenvalue weighted by Crippen LogP contribution is 2.26. The van der Waals surface area contributed by atoms with Gasteiger partial charge in [0, 0.05) is 0 Å². The Morgan fingerprint density at radius 1 is 1.18 bits per heavy atom. The first-order chi connectivity index (χ1) is 13.6. The first-order valence-corrected chi connectivity index (χ1v) is 10.4. The zero-order valence-corrected chi connectivity index (χ0v) is 17.0. The predicted molar refractivity (Wildman–Crippen MR) is 110 cm³/mol. The van der Waals surface area contributed by atoms with E-state index in [0.29, 0.717) is 21.6 Å². The number of carbonyl (C=O) groups excluding carboxylic acids is 2. The molecule has 0 spiro atoms. The Morgan fingerprint density at radius 2 is 1.96 bits per heavy atom. The van der Waals surface area contributed by atoms with Crippen LogP contribution in [0.15, 0.2) is 46.8 Å². The van der Waals surface area contributed by atoms with Crippen LogP contribution in [0.25, 0.3) is 10.8 Å². The minimum absolute atomic E-state index is 0.141. The third-order valence-electron chi connectivity index (χ3n) is 3.84. The molecular weight excluding hydrogens is 398 g/mol. The van der Waals surface area contributed by atoms with Crippen molar-refractivity contribution in [2.45, 2.75) is 23.8 Å². The van der Waals surface area contributed by atoms with Gasteiger partial charge in [-0.1, -0.05) is 60.4 Å². The monoisotopic (exact) mass is 417 g/mol. The van der Waals surface area contributed by atoms with Gasteiger partial charge in [0.15, 0.2) is 10.4 Å². The van der Waals surface area contributed by atoms with Crippen molar-refractivity contribution in [1.29, 1.82) is 0 Å². The summed E-state index contributed by atoms with van der Waals surface area (Å²) in [5.74, 6) is 0.131. The summed E-state index contributed by atoms with van der Waals surface area (Å²) >= 11 is 2.40. The van der Waals surface area contributed by atoms with E-state index in [2.05, 4.69) is 20.3 Å². The zero-order valence-electron chi connectivity index (χ0n) is 15.4. The van der Waals surface area contributed by atoms with Crippen LogP contribution in [0, 0.1) is 0 Å².